The van der Waals surface area contributed by atoms with Gasteiger partial charge in [0.1, 0.15) is 5.75 Å². The number of carboxylic acid groups (broad SMARTS) is 1. The number of hydrogen-bond donors (Lipinski definition) is 1. The van der Waals surface area contributed by atoms with Crippen molar-refractivity contribution in [2.24, 2.45) is 0 Å². The summed E-state index contributed by atoms with van der Waals surface area (Å²) in [6.07, 6.45) is 0.182. The van der Waals surface area contributed by atoms with Crippen LogP contribution in [-0.4, -0.2) is 23.9 Å². The third-order valence-corrected chi connectivity index (χ3v) is 2.62. The molecule has 0 heterocycles. The Morgan fingerprint density at radius 3 is 3.00 bits per heavy atom. The van der Waals surface area contributed by atoms with Gasteiger partial charge in [0.2, 0.25) is 0 Å². The molecule has 0 aliphatic rings. The maximum Gasteiger partial charge on any atom is 0.304 e. The van der Waals surface area contributed by atoms with Crippen molar-refractivity contribution in [1.82, 2.24) is 0 Å². The molecule has 4 heteroatoms. The molecule has 76 valence electrons. The average Bonchev–Trinajstić information content (AvgIpc) is 2.18. The lowest BCUT2D eigenvalue weighted by Crippen LogP contribution is -1.95. The summed E-state index contributed by atoms with van der Waals surface area (Å²) in [6.45, 7) is 0. The highest BCUT2D eigenvalue weighted by atomic mass is 32.2. The number of ether oxygens (including phenoxy) is 1. The lowest BCUT2D eigenvalue weighted by molar-refractivity contribution is -0.136. The van der Waals surface area contributed by atoms with Crippen LogP contribution in [0.5, 0.6) is 5.75 Å². The van der Waals surface area contributed by atoms with Crippen molar-refractivity contribution in [3.63, 3.8) is 0 Å². The molecule has 0 unspecified atom stereocenters. The summed E-state index contributed by atoms with van der Waals surface area (Å²) in [4.78, 5) is 11.3. The SMILES string of the molecule is COc1cccc(SCCC(=O)O)c1. The fraction of sp³-hybridized carbons (Fsp3) is 0.300. The van der Waals surface area contributed by atoms with E-state index in [0.717, 1.165) is 10.6 Å². The zero-order chi connectivity index (χ0) is 10.4. The van der Waals surface area contributed by atoms with E-state index in [9.17, 15) is 4.79 Å². The van der Waals surface area contributed by atoms with Gasteiger partial charge in [-0.1, -0.05) is 6.07 Å². The highest BCUT2D eigenvalue weighted by Crippen LogP contribution is 2.23. The van der Waals surface area contributed by atoms with Crippen molar-refractivity contribution in [1.29, 1.82) is 0 Å². The van der Waals surface area contributed by atoms with E-state index >= 15 is 0 Å². The fourth-order valence-electron chi connectivity index (χ4n) is 0.947. The number of thioether (sulfide) groups is 1. The molecular weight excluding hydrogens is 200 g/mol. The van der Waals surface area contributed by atoms with E-state index in [1.54, 1.807) is 7.11 Å². The van der Waals surface area contributed by atoms with Gasteiger partial charge in [-0.3, -0.25) is 4.79 Å². The molecule has 0 aromatic heterocycles. The molecule has 0 spiro atoms. The van der Waals surface area contributed by atoms with Gasteiger partial charge in [-0.25, -0.2) is 0 Å². The van der Waals surface area contributed by atoms with Gasteiger partial charge in [0.15, 0.2) is 0 Å². The zero-order valence-corrected chi connectivity index (χ0v) is 8.71. The Morgan fingerprint density at radius 1 is 1.57 bits per heavy atom. The van der Waals surface area contributed by atoms with Gasteiger partial charge in [0.25, 0.3) is 0 Å². The Bertz CT molecular complexity index is 312. The van der Waals surface area contributed by atoms with Crippen LogP contribution in [0.2, 0.25) is 0 Å². The van der Waals surface area contributed by atoms with Gasteiger partial charge in [0, 0.05) is 10.6 Å². The number of carbonyl (C=O) groups is 1. The van der Waals surface area contributed by atoms with Crippen molar-refractivity contribution >= 4 is 17.7 Å². The van der Waals surface area contributed by atoms with Crippen molar-refractivity contribution in [2.45, 2.75) is 11.3 Å². The van der Waals surface area contributed by atoms with Crippen molar-refractivity contribution < 1.29 is 14.6 Å². The molecule has 3 nitrogen and oxygen atoms in total. The first kappa shape index (κ1) is 10.9. The van der Waals surface area contributed by atoms with E-state index in [1.165, 1.54) is 11.8 Å². The fourth-order valence-corrected chi connectivity index (χ4v) is 1.83. The first-order chi connectivity index (χ1) is 6.72. The highest BCUT2D eigenvalue weighted by Gasteiger charge is 1.99. The monoisotopic (exact) mass is 212 g/mol. The minimum Gasteiger partial charge on any atom is -0.497 e. The minimum atomic E-state index is -0.764. The molecule has 0 bridgehead atoms. The lowest BCUT2D eigenvalue weighted by Gasteiger charge is -2.02. The largest absolute Gasteiger partial charge is 0.497 e. The summed E-state index contributed by atoms with van der Waals surface area (Å²) in [6, 6.07) is 7.59. The number of methoxy groups -OCH3 is 1. The Kier molecular flexibility index (Phi) is 4.32. The van der Waals surface area contributed by atoms with E-state index in [2.05, 4.69) is 0 Å². The van der Waals surface area contributed by atoms with E-state index in [1.807, 2.05) is 24.3 Å². The van der Waals surface area contributed by atoms with Gasteiger partial charge in [-0.15, -0.1) is 11.8 Å². The van der Waals surface area contributed by atoms with Crippen molar-refractivity contribution in [2.75, 3.05) is 12.9 Å². The number of carboxylic acids is 1. The number of aliphatic carboxylic acids is 1. The molecule has 0 radical (unpaired) electrons. The van der Waals surface area contributed by atoms with Crippen LogP contribution in [0.4, 0.5) is 0 Å². The van der Waals surface area contributed by atoms with Crippen LogP contribution in [0.3, 0.4) is 0 Å². The van der Waals surface area contributed by atoms with Crippen LogP contribution >= 0.6 is 11.8 Å². The maximum atomic E-state index is 10.3. The first-order valence-electron chi connectivity index (χ1n) is 4.21. The highest BCUT2D eigenvalue weighted by molar-refractivity contribution is 7.99. The van der Waals surface area contributed by atoms with E-state index in [-0.39, 0.29) is 6.42 Å². The van der Waals surface area contributed by atoms with E-state index < -0.39 is 5.97 Å². The van der Waals surface area contributed by atoms with E-state index in [4.69, 9.17) is 9.84 Å². The second-order valence-electron chi connectivity index (χ2n) is 2.67. The molecule has 1 aromatic rings. The lowest BCUT2D eigenvalue weighted by atomic mass is 10.3. The summed E-state index contributed by atoms with van der Waals surface area (Å²) < 4.78 is 5.05. The third kappa shape index (κ3) is 3.70. The predicted molar refractivity (Wildman–Crippen MR) is 56.0 cm³/mol. The summed E-state index contributed by atoms with van der Waals surface area (Å²) in [7, 11) is 1.61. The first-order valence-corrected chi connectivity index (χ1v) is 5.19. The van der Waals surface area contributed by atoms with Crippen LogP contribution in [-0.2, 0) is 4.79 Å². The predicted octanol–water partition coefficient (Wildman–Crippen LogP) is 2.26. The standard InChI is InChI=1S/C10H12O3S/c1-13-8-3-2-4-9(7-8)14-6-5-10(11)12/h2-4,7H,5-6H2,1H3,(H,11,12). The summed E-state index contributed by atoms with van der Waals surface area (Å²) >= 11 is 1.52. The van der Waals surface area contributed by atoms with Gasteiger partial charge >= 0.3 is 5.97 Å². The molecule has 0 aliphatic carbocycles. The Balaban J connectivity index is 2.46. The summed E-state index contributed by atoms with van der Waals surface area (Å²) in [5, 5.41) is 8.45. The molecule has 0 amide bonds. The van der Waals surface area contributed by atoms with Gasteiger partial charge in [-0.05, 0) is 18.2 Å². The van der Waals surface area contributed by atoms with Gasteiger partial charge < -0.3 is 9.84 Å². The number of hydrogen-bond acceptors (Lipinski definition) is 3. The number of benzene rings is 1. The van der Waals surface area contributed by atoms with Crippen LogP contribution in [0, 0.1) is 0 Å². The normalized spacial score (nSPS) is 9.79. The molecule has 0 fully saturated rings. The zero-order valence-electron chi connectivity index (χ0n) is 7.90. The van der Waals surface area contributed by atoms with Crippen LogP contribution in [0.15, 0.2) is 29.2 Å². The Labute approximate surface area is 87.1 Å². The summed E-state index contributed by atoms with van der Waals surface area (Å²) in [5.74, 6) is 0.619. The summed E-state index contributed by atoms with van der Waals surface area (Å²) in [5.41, 5.74) is 0. The topological polar surface area (TPSA) is 46.5 Å². The van der Waals surface area contributed by atoms with Gasteiger partial charge in [-0.2, -0.15) is 0 Å². The quantitative estimate of drug-likeness (QED) is 0.760. The van der Waals surface area contributed by atoms with E-state index in [0.29, 0.717) is 5.75 Å². The molecule has 1 N–H and O–H groups in total. The van der Waals surface area contributed by atoms with Crippen LogP contribution < -0.4 is 4.74 Å². The molecule has 1 rings (SSSR count). The average molecular weight is 212 g/mol. The second kappa shape index (κ2) is 5.54. The molecule has 0 saturated heterocycles. The molecule has 0 saturated carbocycles. The van der Waals surface area contributed by atoms with Crippen LogP contribution in [0.1, 0.15) is 6.42 Å². The Morgan fingerprint density at radius 2 is 2.36 bits per heavy atom. The molecule has 1 aromatic carbocycles. The smallest absolute Gasteiger partial charge is 0.304 e. The minimum absolute atomic E-state index is 0.182. The van der Waals surface area contributed by atoms with Crippen molar-refractivity contribution in [3.8, 4) is 5.75 Å². The van der Waals surface area contributed by atoms with Gasteiger partial charge in [0.05, 0.1) is 13.5 Å². The van der Waals surface area contributed by atoms with Crippen LogP contribution in [0.25, 0.3) is 0 Å². The second-order valence-corrected chi connectivity index (χ2v) is 3.84. The Hall–Kier alpha value is -1.16. The molecular formula is C10H12O3S. The molecule has 0 aliphatic heterocycles. The number of rotatable bonds is 5. The maximum absolute atomic E-state index is 10.3. The third-order valence-electron chi connectivity index (χ3n) is 1.63. The van der Waals surface area contributed by atoms with Crippen molar-refractivity contribution in [3.05, 3.63) is 24.3 Å². The molecule has 14 heavy (non-hydrogen) atoms. The molecule has 0 atom stereocenters.